The molecule has 0 fully saturated rings. The van der Waals surface area contributed by atoms with Crippen LogP contribution in [-0.4, -0.2) is 46.8 Å². The molecule has 2 aromatic heterocycles. The number of aromatic hydroxyl groups is 1. The molecular weight excluding hydrogens is 585 g/mol. The number of benzene rings is 2. The second-order valence-corrected chi connectivity index (χ2v) is 12.8. The van der Waals surface area contributed by atoms with Crippen LogP contribution in [-0.2, 0) is 12.0 Å². The van der Waals surface area contributed by atoms with Crippen LogP contribution >= 0.6 is 22.7 Å². The van der Waals surface area contributed by atoms with Crippen LogP contribution < -0.4 is 16.1 Å². The lowest BCUT2D eigenvalue weighted by molar-refractivity contribution is 0.0939. The standard InChI is InChI=1S/C32H34N4O5S2/c1-19(24-18-42-28(27(24)38)21-9-11-23(12-10-21)32(2,3)4)35-36-31(41)26-14-13-25(43-26)30(40)34-17-20-5-7-22(8-6-20)29(39)33-15-16-37/h5-14,18,37-38H,15-17H2,1-4H3,(H,33,39)(H,34,40)(H,36,41)/b35-19+. The summed E-state index contributed by atoms with van der Waals surface area (Å²) in [6.45, 7) is 8.44. The summed E-state index contributed by atoms with van der Waals surface area (Å²) in [7, 11) is 0. The van der Waals surface area contributed by atoms with Crippen LogP contribution in [0.1, 0.15) is 74.1 Å². The quantitative estimate of drug-likeness (QED) is 0.121. The Labute approximate surface area is 258 Å². The fraction of sp³-hybridized carbons (Fsp3) is 0.250. The van der Waals surface area contributed by atoms with E-state index in [1.807, 2.05) is 12.1 Å². The number of rotatable bonds is 10. The maximum absolute atomic E-state index is 12.7. The number of aliphatic hydroxyl groups is 1. The first-order valence-electron chi connectivity index (χ1n) is 13.6. The molecule has 0 spiro atoms. The van der Waals surface area contributed by atoms with Crippen LogP contribution in [0.2, 0.25) is 0 Å². The van der Waals surface area contributed by atoms with E-state index in [0.717, 1.165) is 27.3 Å². The maximum Gasteiger partial charge on any atom is 0.281 e. The molecule has 4 rings (SSSR count). The summed E-state index contributed by atoms with van der Waals surface area (Å²) in [5.41, 5.74) is 6.89. The van der Waals surface area contributed by atoms with Crippen molar-refractivity contribution in [2.24, 2.45) is 5.10 Å². The lowest BCUT2D eigenvalue weighted by Gasteiger charge is -2.19. The van der Waals surface area contributed by atoms with E-state index in [9.17, 15) is 19.5 Å². The monoisotopic (exact) mass is 618 g/mol. The number of nitrogens with one attached hydrogen (secondary N) is 3. The molecule has 0 aliphatic heterocycles. The van der Waals surface area contributed by atoms with Crippen LogP contribution in [0.25, 0.3) is 10.4 Å². The first-order valence-corrected chi connectivity index (χ1v) is 15.3. The van der Waals surface area contributed by atoms with Crippen molar-refractivity contribution >= 4 is 46.1 Å². The molecule has 0 atom stereocenters. The molecule has 3 amide bonds. The van der Waals surface area contributed by atoms with Crippen LogP contribution in [0.4, 0.5) is 0 Å². The Balaban J connectivity index is 1.33. The van der Waals surface area contributed by atoms with Gasteiger partial charge in [-0.3, -0.25) is 14.4 Å². The topological polar surface area (TPSA) is 140 Å². The zero-order valence-corrected chi connectivity index (χ0v) is 26.0. The average molecular weight is 619 g/mol. The van der Waals surface area contributed by atoms with Gasteiger partial charge in [0.2, 0.25) is 0 Å². The van der Waals surface area contributed by atoms with Crippen molar-refractivity contribution in [3.8, 4) is 16.2 Å². The third-order valence-corrected chi connectivity index (χ3v) is 8.71. The molecule has 0 radical (unpaired) electrons. The molecule has 0 saturated heterocycles. The van der Waals surface area contributed by atoms with Crippen molar-refractivity contribution in [1.82, 2.24) is 16.1 Å². The number of nitrogens with zero attached hydrogens (tertiary/aromatic N) is 1. The minimum absolute atomic E-state index is 0.0340. The Hall–Kier alpha value is -4.32. The van der Waals surface area contributed by atoms with Crippen LogP contribution in [0, 0.1) is 0 Å². The van der Waals surface area contributed by atoms with Crippen molar-refractivity contribution < 1.29 is 24.6 Å². The Morgan fingerprint density at radius 2 is 1.51 bits per heavy atom. The van der Waals surface area contributed by atoms with E-state index < -0.39 is 5.91 Å². The van der Waals surface area contributed by atoms with Gasteiger partial charge in [0.1, 0.15) is 5.75 Å². The number of carbonyl (C=O) groups excluding carboxylic acids is 3. The zero-order chi connectivity index (χ0) is 31.1. The van der Waals surface area contributed by atoms with E-state index in [4.69, 9.17) is 5.11 Å². The van der Waals surface area contributed by atoms with Crippen molar-refractivity contribution in [2.75, 3.05) is 13.2 Å². The predicted octanol–water partition coefficient (Wildman–Crippen LogP) is 5.29. The molecule has 0 aliphatic carbocycles. The third kappa shape index (κ3) is 7.95. The lowest BCUT2D eigenvalue weighted by Crippen LogP contribution is -2.26. The molecular formula is C32H34N4O5S2. The second kappa shape index (κ2) is 13.8. The van der Waals surface area contributed by atoms with Gasteiger partial charge >= 0.3 is 0 Å². The van der Waals surface area contributed by atoms with Gasteiger partial charge in [-0.1, -0.05) is 57.2 Å². The summed E-state index contributed by atoms with van der Waals surface area (Å²) in [6.07, 6.45) is 0. The van der Waals surface area contributed by atoms with Crippen molar-refractivity contribution in [1.29, 1.82) is 0 Å². The number of thiophene rings is 2. The van der Waals surface area contributed by atoms with Crippen LogP contribution in [0.3, 0.4) is 0 Å². The van der Waals surface area contributed by atoms with E-state index in [1.165, 1.54) is 16.9 Å². The summed E-state index contributed by atoms with van der Waals surface area (Å²) < 4.78 is 0. The number of carbonyl (C=O) groups is 3. The van der Waals surface area contributed by atoms with Gasteiger partial charge < -0.3 is 20.8 Å². The zero-order valence-electron chi connectivity index (χ0n) is 24.4. The van der Waals surface area contributed by atoms with Gasteiger partial charge in [0.25, 0.3) is 17.7 Å². The summed E-state index contributed by atoms with van der Waals surface area (Å²) in [4.78, 5) is 38.7. The second-order valence-electron chi connectivity index (χ2n) is 10.8. The minimum Gasteiger partial charge on any atom is -0.506 e. The SMILES string of the molecule is C/C(=N\NC(=O)c1ccc(C(=O)NCc2ccc(C(=O)NCCO)cc2)s1)c1csc(-c2ccc(C(C)(C)C)cc2)c1O. The number of hydrogen-bond acceptors (Lipinski definition) is 8. The summed E-state index contributed by atoms with van der Waals surface area (Å²) in [5.74, 6) is -0.975. The van der Waals surface area contributed by atoms with E-state index in [1.54, 1.807) is 48.7 Å². The molecule has 9 nitrogen and oxygen atoms in total. The fourth-order valence-corrected chi connectivity index (χ4v) is 5.91. The molecule has 224 valence electrons. The van der Waals surface area contributed by atoms with E-state index in [-0.39, 0.29) is 42.7 Å². The molecule has 0 saturated carbocycles. The smallest absolute Gasteiger partial charge is 0.281 e. The van der Waals surface area contributed by atoms with Crippen LogP contribution in [0.5, 0.6) is 5.75 Å². The molecule has 5 N–H and O–H groups in total. The first kappa shape index (κ1) is 31.6. The summed E-state index contributed by atoms with van der Waals surface area (Å²) in [5, 5.41) is 31.1. The highest BCUT2D eigenvalue weighted by atomic mass is 32.1. The van der Waals surface area contributed by atoms with Gasteiger partial charge in [0.05, 0.1) is 32.5 Å². The molecule has 0 bridgehead atoms. The number of aliphatic hydroxyl groups excluding tert-OH is 1. The minimum atomic E-state index is -0.467. The van der Waals surface area contributed by atoms with Gasteiger partial charge in [-0.05, 0) is 53.3 Å². The first-order chi connectivity index (χ1) is 20.5. The van der Waals surface area contributed by atoms with Crippen molar-refractivity contribution in [3.05, 3.63) is 98.1 Å². The lowest BCUT2D eigenvalue weighted by atomic mass is 9.86. The van der Waals surface area contributed by atoms with E-state index >= 15 is 0 Å². The molecule has 2 heterocycles. The van der Waals surface area contributed by atoms with Gasteiger partial charge in [0, 0.05) is 24.0 Å². The Bertz CT molecular complexity index is 1630. The molecule has 11 heteroatoms. The maximum atomic E-state index is 12.7. The number of hydrazone groups is 1. The van der Waals surface area contributed by atoms with Crippen LogP contribution in [0.15, 0.2) is 71.1 Å². The average Bonchev–Trinajstić information content (AvgIpc) is 3.65. The number of hydrogen-bond donors (Lipinski definition) is 5. The van der Waals surface area contributed by atoms with Gasteiger partial charge in [-0.2, -0.15) is 5.10 Å². The Morgan fingerprint density at radius 3 is 2.14 bits per heavy atom. The Kier molecular flexibility index (Phi) is 10.1. The predicted molar refractivity (Wildman–Crippen MR) is 171 cm³/mol. The summed E-state index contributed by atoms with van der Waals surface area (Å²) in [6, 6.07) is 18.0. The Morgan fingerprint density at radius 1 is 0.860 bits per heavy atom. The summed E-state index contributed by atoms with van der Waals surface area (Å²) >= 11 is 2.44. The molecule has 0 aliphatic rings. The molecule has 4 aromatic rings. The highest BCUT2D eigenvalue weighted by Gasteiger charge is 2.18. The largest absolute Gasteiger partial charge is 0.506 e. The highest BCUT2D eigenvalue weighted by molar-refractivity contribution is 7.16. The van der Waals surface area contributed by atoms with E-state index in [2.05, 4.69) is 54.1 Å². The van der Waals surface area contributed by atoms with Gasteiger partial charge in [-0.15, -0.1) is 22.7 Å². The van der Waals surface area contributed by atoms with E-state index in [0.29, 0.717) is 26.6 Å². The fourth-order valence-electron chi connectivity index (χ4n) is 4.08. The highest BCUT2D eigenvalue weighted by Crippen LogP contribution is 2.39. The normalized spacial score (nSPS) is 11.7. The molecule has 0 unspecified atom stereocenters. The molecule has 2 aromatic carbocycles. The third-order valence-electron chi connectivity index (χ3n) is 6.61. The van der Waals surface area contributed by atoms with Crippen molar-refractivity contribution in [3.63, 3.8) is 0 Å². The van der Waals surface area contributed by atoms with Gasteiger partial charge in [0.15, 0.2) is 0 Å². The number of amides is 3. The van der Waals surface area contributed by atoms with Crippen molar-refractivity contribution in [2.45, 2.75) is 39.7 Å². The molecule has 43 heavy (non-hydrogen) atoms. The van der Waals surface area contributed by atoms with Gasteiger partial charge in [-0.25, -0.2) is 5.43 Å².